The Bertz CT molecular complexity index is 131. The summed E-state index contributed by atoms with van der Waals surface area (Å²) in [5.41, 5.74) is 0. The Morgan fingerprint density at radius 2 is 1.23 bits per heavy atom. The van der Waals surface area contributed by atoms with Gasteiger partial charge in [0, 0.05) is 27.4 Å². The van der Waals surface area contributed by atoms with E-state index in [9.17, 15) is 9.59 Å². The predicted octanol–water partition coefficient (Wildman–Crippen LogP) is 2.35. The van der Waals surface area contributed by atoms with Crippen LogP contribution in [0.4, 0.5) is 0 Å². The van der Waals surface area contributed by atoms with E-state index in [4.69, 9.17) is 0 Å². The average Bonchev–Trinajstić information content (AvgIpc) is 1.89. The highest BCUT2D eigenvalue weighted by atomic mass is 16.2. The maximum Gasteiger partial charge on any atom is 0.218 e. The Kier molecular flexibility index (Phi) is 24.0. The molecule has 0 aliphatic rings. The summed E-state index contributed by atoms with van der Waals surface area (Å²) in [5.74, 6) is 0.347. The molecule has 0 aromatic rings. The Labute approximate surface area is 83.1 Å². The largest absolute Gasteiger partial charge is 0.349 e. The van der Waals surface area contributed by atoms with E-state index in [0.717, 1.165) is 0 Å². The number of carbonyl (C=O) groups is 2. The molecule has 0 rings (SSSR count). The maximum absolute atomic E-state index is 10.1. The zero-order valence-electron chi connectivity index (χ0n) is 7.97. The van der Waals surface area contributed by atoms with Crippen LogP contribution in [0.25, 0.3) is 0 Å². The van der Waals surface area contributed by atoms with Crippen molar-refractivity contribution in [3.8, 4) is 0 Å². The molecule has 0 radical (unpaired) electrons. The van der Waals surface area contributed by atoms with Crippen molar-refractivity contribution in [1.29, 1.82) is 0 Å². The molecule has 0 aliphatic carbocycles. The summed E-state index contributed by atoms with van der Waals surface area (Å²) in [6.45, 7) is 4.96. The molecule has 0 aromatic heterocycles. The number of amides is 1. The summed E-state index contributed by atoms with van der Waals surface area (Å²) in [6.07, 6.45) is 0.667. The normalized spacial score (nSPS) is 6.54. The van der Waals surface area contributed by atoms with Gasteiger partial charge in [-0.3, -0.25) is 4.79 Å². The second kappa shape index (κ2) is 13.7. The van der Waals surface area contributed by atoms with Gasteiger partial charge >= 0.3 is 0 Å². The first-order chi connectivity index (χ1) is 4.91. The first-order valence-electron chi connectivity index (χ1n) is 3.59. The van der Waals surface area contributed by atoms with Crippen LogP contribution in [0.5, 0.6) is 0 Å². The van der Waals surface area contributed by atoms with Crippen LogP contribution < -0.4 is 0 Å². The summed E-state index contributed by atoms with van der Waals surface area (Å²) in [6, 6.07) is 0. The maximum atomic E-state index is 10.1. The van der Waals surface area contributed by atoms with Crippen molar-refractivity contribution in [2.24, 2.45) is 0 Å². The van der Waals surface area contributed by atoms with Gasteiger partial charge in [0.15, 0.2) is 0 Å². The van der Waals surface area contributed by atoms with E-state index >= 15 is 0 Å². The Morgan fingerprint density at radius 3 is 1.23 bits per heavy atom. The van der Waals surface area contributed by atoms with E-state index in [1.165, 1.54) is 11.8 Å². The van der Waals surface area contributed by atoms with Gasteiger partial charge in [-0.1, -0.05) is 21.8 Å². The highest BCUT2D eigenvalue weighted by Crippen LogP contribution is 1.71. The van der Waals surface area contributed by atoms with Crippen LogP contribution in [0.1, 0.15) is 42.0 Å². The number of Topliss-reactive ketones (excluding diaryl/α,β-unsaturated/α-hetero) is 1. The van der Waals surface area contributed by atoms with Crippen molar-refractivity contribution in [1.82, 2.24) is 4.90 Å². The van der Waals surface area contributed by atoms with E-state index < -0.39 is 0 Å². The van der Waals surface area contributed by atoms with Gasteiger partial charge in [-0.2, -0.15) is 0 Å². The van der Waals surface area contributed by atoms with Crippen LogP contribution in [0.2, 0.25) is 0 Å². The molecule has 13 heavy (non-hydrogen) atoms. The van der Waals surface area contributed by atoms with Crippen molar-refractivity contribution in [3.63, 3.8) is 0 Å². The zero-order valence-corrected chi connectivity index (χ0v) is 7.97. The fourth-order valence-corrected chi connectivity index (χ4v) is 0. The smallest absolute Gasteiger partial charge is 0.218 e. The van der Waals surface area contributed by atoms with Crippen LogP contribution in [0, 0.1) is 0 Å². The van der Waals surface area contributed by atoms with Crippen LogP contribution in [0.15, 0.2) is 0 Å². The first kappa shape index (κ1) is 22.7. The molecule has 0 aliphatic heterocycles. The third-order valence-corrected chi connectivity index (χ3v) is 1.13. The van der Waals surface area contributed by atoms with E-state index in [2.05, 4.69) is 0 Å². The number of carbonyl (C=O) groups excluding carboxylic acids is 2. The molecule has 82 valence electrons. The van der Waals surface area contributed by atoms with Crippen molar-refractivity contribution >= 4 is 11.7 Å². The topological polar surface area (TPSA) is 37.4 Å². The molecular formula is C10H25NO2. The predicted molar refractivity (Wildman–Crippen MR) is 58.8 cm³/mol. The molecule has 0 fully saturated rings. The van der Waals surface area contributed by atoms with Gasteiger partial charge in [0.1, 0.15) is 5.78 Å². The Hall–Kier alpha value is -0.860. The zero-order chi connectivity index (χ0) is 9.44. The minimum Gasteiger partial charge on any atom is -0.349 e. The van der Waals surface area contributed by atoms with Crippen LogP contribution in [0.3, 0.4) is 0 Å². The second-order valence-electron chi connectivity index (χ2n) is 2.47. The molecular weight excluding hydrogens is 166 g/mol. The molecule has 0 heterocycles. The summed E-state index contributed by atoms with van der Waals surface area (Å²) >= 11 is 0. The van der Waals surface area contributed by atoms with Gasteiger partial charge in [0.05, 0.1) is 0 Å². The third kappa shape index (κ3) is 35.2. The number of rotatable bonds is 1. The fourth-order valence-electron chi connectivity index (χ4n) is 0. The Morgan fingerprint density at radius 1 is 1.08 bits per heavy atom. The fraction of sp³-hybridized carbons (Fsp3) is 0.800. The Balaban J connectivity index is -0.0000000546. The molecule has 0 bridgehead atoms. The molecule has 0 N–H and O–H groups in total. The van der Waals surface area contributed by atoms with Crippen molar-refractivity contribution in [2.45, 2.75) is 42.0 Å². The quantitative estimate of drug-likeness (QED) is 0.638. The molecule has 3 heteroatoms. The highest BCUT2D eigenvalue weighted by Gasteiger charge is 1.87. The van der Waals surface area contributed by atoms with Gasteiger partial charge in [-0.05, 0) is 6.92 Å². The van der Waals surface area contributed by atoms with Gasteiger partial charge < -0.3 is 9.69 Å². The van der Waals surface area contributed by atoms with Crippen LogP contribution in [-0.4, -0.2) is 30.7 Å². The van der Waals surface area contributed by atoms with E-state index in [-0.39, 0.29) is 26.5 Å². The third-order valence-electron chi connectivity index (χ3n) is 1.13. The lowest BCUT2D eigenvalue weighted by molar-refractivity contribution is -0.126. The molecule has 1 amide bonds. The average molecular weight is 191 g/mol. The standard InChI is InChI=1S/C4H9NO.C4H8O.2CH4/c1-4(6)5(2)3;1-3-4(2)5;;/h1-3H3;3H2,1-2H3;2*1H4. The van der Waals surface area contributed by atoms with Crippen LogP contribution >= 0.6 is 0 Å². The van der Waals surface area contributed by atoms with Crippen molar-refractivity contribution < 1.29 is 9.59 Å². The molecule has 0 saturated heterocycles. The monoisotopic (exact) mass is 191 g/mol. The first-order valence-corrected chi connectivity index (χ1v) is 3.59. The number of ketones is 1. The second-order valence-corrected chi connectivity index (χ2v) is 2.47. The SMILES string of the molecule is C.C.CC(=O)N(C)C.CCC(C)=O. The van der Waals surface area contributed by atoms with Crippen molar-refractivity contribution in [2.75, 3.05) is 14.1 Å². The van der Waals surface area contributed by atoms with E-state index in [1.54, 1.807) is 21.0 Å². The molecule has 0 atom stereocenters. The summed E-state index contributed by atoms with van der Waals surface area (Å²) in [4.78, 5) is 21.4. The number of hydrogen-bond donors (Lipinski definition) is 0. The summed E-state index contributed by atoms with van der Waals surface area (Å²) in [7, 11) is 3.45. The van der Waals surface area contributed by atoms with E-state index in [1.807, 2.05) is 6.92 Å². The number of hydrogen-bond acceptors (Lipinski definition) is 2. The van der Waals surface area contributed by atoms with Gasteiger partial charge in [0.25, 0.3) is 0 Å². The minimum absolute atomic E-state index is 0. The van der Waals surface area contributed by atoms with Gasteiger partial charge in [-0.25, -0.2) is 0 Å². The molecule has 3 nitrogen and oxygen atoms in total. The number of nitrogens with zero attached hydrogens (tertiary/aromatic N) is 1. The van der Waals surface area contributed by atoms with Gasteiger partial charge in [-0.15, -0.1) is 0 Å². The lowest BCUT2D eigenvalue weighted by Gasteiger charge is -2.02. The lowest BCUT2D eigenvalue weighted by Crippen LogP contribution is -2.17. The summed E-state index contributed by atoms with van der Waals surface area (Å²) < 4.78 is 0. The van der Waals surface area contributed by atoms with Crippen LogP contribution in [-0.2, 0) is 9.59 Å². The molecule has 0 spiro atoms. The van der Waals surface area contributed by atoms with E-state index in [0.29, 0.717) is 6.42 Å². The minimum atomic E-state index is 0. The highest BCUT2D eigenvalue weighted by molar-refractivity contribution is 5.74. The summed E-state index contributed by atoms with van der Waals surface area (Å²) in [5, 5.41) is 0. The lowest BCUT2D eigenvalue weighted by atomic mass is 10.4. The van der Waals surface area contributed by atoms with Gasteiger partial charge in [0.2, 0.25) is 5.91 Å². The van der Waals surface area contributed by atoms with Crippen molar-refractivity contribution in [3.05, 3.63) is 0 Å². The molecule has 0 aromatic carbocycles. The molecule has 0 saturated carbocycles. The molecule has 0 unspecified atom stereocenters.